The van der Waals surface area contributed by atoms with E-state index < -0.39 is 29.1 Å². The van der Waals surface area contributed by atoms with Crippen LogP contribution in [-0.2, 0) is 9.59 Å². The highest BCUT2D eigenvalue weighted by Crippen LogP contribution is 2.14. The Morgan fingerprint density at radius 2 is 1.85 bits per heavy atom. The second kappa shape index (κ2) is 8.94. The van der Waals surface area contributed by atoms with E-state index in [4.69, 9.17) is 4.42 Å². The summed E-state index contributed by atoms with van der Waals surface area (Å²) in [7, 11) is 0. The molecule has 0 saturated carbocycles. The van der Waals surface area contributed by atoms with Crippen molar-refractivity contribution < 1.29 is 28.8 Å². The molecular weight excluding hydrogens is 358 g/mol. The normalized spacial score (nSPS) is 10.9. The number of hydrogen-bond donors (Lipinski definition) is 2. The van der Waals surface area contributed by atoms with E-state index in [1.165, 1.54) is 48.7 Å². The maximum atomic E-state index is 12.3. The van der Waals surface area contributed by atoms with Crippen molar-refractivity contribution in [2.45, 2.75) is 6.42 Å². The zero-order chi connectivity index (χ0) is 19.8. The Labute approximate surface area is 152 Å². The summed E-state index contributed by atoms with van der Waals surface area (Å²) in [4.78, 5) is 45.0. The van der Waals surface area contributed by atoms with Gasteiger partial charge in [0, 0.05) is 31.1 Å². The van der Waals surface area contributed by atoms with Crippen LogP contribution >= 0.6 is 0 Å². The second-order valence-corrected chi connectivity index (χ2v) is 5.22. The summed E-state index contributed by atoms with van der Waals surface area (Å²) in [5, 5.41) is 25.8. The highest BCUT2D eigenvalue weighted by Gasteiger charge is 2.16. The van der Waals surface area contributed by atoms with Gasteiger partial charge in [-0.05, 0) is 35.9 Å². The van der Waals surface area contributed by atoms with Gasteiger partial charge < -0.3 is 25.0 Å². The molecule has 27 heavy (non-hydrogen) atoms. The third-order valence-corrected chi connectivity index (χ3v) is 3.27. The van der Waals surface area contributed by atoms with Crippen LogP contribution < -0.4 is 15.7 Å². The molecule has 0 unspecified atom stereocenters. The number of nitrogens with zero attached hydrogens (tertiary/aromatic N) is 1. The number of carbonyl (C=O) groups excluding carboxylic acids is 3. The zero-order valence-electron chi connectivity index (χ0n) is 13.8. The maximum Gasteiger partial charge on any atom is 0.291 e. The summed E-state index contributed by atoms with van der Waals surface area (Å²) < 4.78 is 4.95. The molecule has 1 heterocycles. The molecular formula is C17H14N3O7-. The van der Waals surface area contributed by atoms with Crippen LogP contribution in [0.3, 0.4) is 0 Å². The van der Waals surface area contributed by atoms with Gasteiger partial charge in [0.1, 0.15) is 5.70 Å². The number of aliphatic carboxylic acids is 1. The number of nitro benzene ring substituents is 1. The van der Waals surface area contributed by atoms with Crippen LogP contribution in [0.15, 0.2) is 52.8 Å². The van der Waals surface area contributed by atoms with Gasteiger partial charge in [0.25, 0.3) is 17.5 Å². The molecule has 2 N–H and O–H groups in total. The predicted octanol–water partition coefficient (Wildman–Crippen LogP) is 0.215. The standard InChI is InChI=1S/C17H15N3O7/c21-15(22)7-8-18-16(23)13(19-17(24)14-2-1-9-27-14)10-11-3-5-12(6-4-11)20(25)26/h1-6,9-10H,7-8H2,(H,18,23)(H,19,24)(H,21,22)/p-1/b13-10-. The number of nitrogens with one attached hydrogen (secondary N) is 2. The largest absolute Gasteiger partial charge is 0.550 e. The van der Waals surface area contributed by atoms with Gasteiger partial charge in [-0.1, -0.05) is 0 Å². The molecule has 1 aromatic heterocycles. The van der Waals surface area contributed by atoms with Gasteiger partial charge in [0.2, 0.25) is 0 Å². The highest BCUT2D eigenvalue weighted by atomic mass is 16.6. The number of amides is 2. The van der Waals surface area contributed by atoms with Gasteiger partial charge >= 0.3 is 0 Å². The first-order chi connectivity index (χ1) is 12.9. The van der Waals surface area contributed by atoms with Gasteiger partial charge in [-0.3, -0.25) is 19.7 Å². The fraction of sp³-hybridized carbons (Fsp3) is 0.118. The summed E-state index contributed by atoms with van der Waals surface area (Å²) in [6.45, 7) is -0.199. The van der Waals surface area contributed by atoms with Crippen LogP contribution in [0.4, 0.5) is 5.69 Å². The van der Waals surface area contributed by atoms with Gasteiger partial charge in [-0.25, -0.2) is 0 Å². The molecule has 0 spiro atoms. The van der Waals surface area contributed by atoms with Crippen molar-refractivity contribution >= 4 is 29.5 Å². The second-order valence-electron chi connectivity index (χ2n) is 5.22. The van der Waals surface area contributed by atoms with Crippen LogP contribution in [0, 0.1) is 10.1 Å². The van der Waals surface area contributed by atoms with Crippen molar-refractivity contribution in [3.63, 3.8) is 0 Å². The minimum Gasteiger partial charge on any atom is -0.550 e. The SMILES string of the molecule is O=C([O-])CCNC(=O)/C(=C/c1ccc([N+](=O)[O-])cc1)NC(=O)c1ccco1. The first-order valence-corrected chi connectivity index (χ1v) is 7.66. The van der Waals surface area contributed by atoms with Gasteiger partial charge in [-0.2, -0.15) is 0 Å². The van der Waals surface area contributed by atoms with Gasteiger partial charge in [0.05, 0.1) is 11.2 Å². The Bertz CT molecular complexity index is 870. The minimum absolute atomic E-state index is 0.0351. The van der Waals surface area contributed by atoms with Crippen molar-refractivity contribution in [2.24, 2.45) is 0 Å². The third kappa shape index (κ3) is 5.81. The molecule has 10 heteroatoms. The molecule has 2 rings (SSSR count). The number of carboxylic acids is 1. The van der Waals surface area contributed by atoms with Crippen molar-refractivity contribution in [2.75, 3.05) is 6.54 Å². The van der Waals surface area contributed by atoms with E-state index in [2.05, 4.69) is 10.6 Å². The van der Waals surface area contributed by atoms with Crippen molar-refractivity contribution in [3.05, 3.63) is 69.8 Å². The molecule has 0 saturated heterocycles. The molecule has 0 aliphatic heterocycles. The number of non-ortho nitro benzene ring substituents is 1. The van der Waals surface area contributed by atoms with E-state index in [-0.39, 0.29) is 23.7 Å². The number of furan rings is 1. The smallest absolute Gasteiger partial charge is 0.291 e. The molecule has 2 amide bonds. The molecule has 0 fully saturated rings. The Hall–Kier alpha value is -3.95. The minimum atomic E-state index is -1.34. The number of carbonyl (C=O) groups is 3. The van der Waals surface area contributed by atoms with Crippen LogP contribution in [0.25, 0.3) is 6.08 Å². The Kier molecular flexibility index (Phi) is 6.42. The summed E-state index contributed by atoms with van der Waals surface area (Å²) in [5.74, 6) is -2.80. The van der Waals surface area contributed by atoms with E-state index in [0.29, 0.717) is 5.56 Å². The predicted molar refractivity (Wildman–Crippen MR) is 89.9 cm³/mol. The van der Waals surface area contributed by atoms with Crippen LogP contribution in [0.5, 0.6) is 0 Å². The number of carboxylic acid groups (broad SMARTS) is 1. The van der Waals surface area contributed by atoms with E-state index in [1.54, 1.807) is 0 Å². The number of hydrogen-bond acceptors (Lipinski definition) is 7. The monoisotopic (exact) mass is 372 g/mol. The lowest BCUT2D eigenvalue weighted by Gasteiger charge is -2.10. The fourth-order valence-corrected chi connectivity index (χ4v) is 1.98. The summed E-state index contributed by atoms with van der Waals surface area (Å²) in [5.41, 5.74) is 0.0840. The van der Waals surface area contributed by atoms with E-state index >= 15 is 0 Å². The van der Waals surface area contributed by atoms with Gasteiger partial charge in [0.15, 0.2) is 5.76 Å². The van der Waals surface area contributed by atoms with Crippen molar-refractivity contribution in [3.8, 4) is 0 Å². The molecule has 0 aliphatic rings. The number of nitro groups is 1. The first-order valence-electron chi connectivity index (χ1n) is 7.66. The molecule has 140 valence electrons. The average Bonchev–Trinajstić information content (AvgIpc) is 3.16. The summed E-state index contributed by atoms with van der Waals surface area (Å²) in [6.07, 6.45) is 2.18. The third-order valence-electron chi connectivity index (χ3n) is 3.27. The molecule has 0 radical (unpaired) electrons. The van der Waals surface area contributed by atoms with Crippen molar-refractivity contribution in [1.29, 1.82) is 0 Å². The number of rotatable bonds is 8. The lowest BCUT2D eigenvalue weighted by Crippen LogP contribution is -2.37. The molecule has 1 aromatic carbocycles. The summed E-state index contributed by atoms with van der Waals surface area (Å²) >= 11 is 0. The van der Waals surface area contributed by atoms with Crippen LogP contribution in [0.2, 0.25) is 0 Å². The topological polar surface area (TPSA) is 155 Å². The molecule has 10 nitrogen and oxygen atoms in total. The molecule has 0 atom stereocenters. The lowest BCUT2D eigenvalue weighted by atomic mass is 10.1. The first kappa shape index (κ1) is 19.4. The number of benzene rings is 1. The fourth-order valence-electron chi connectivity index (χ4n) is 1.98. The quantitative estimate of drug-likeness (QED) is 0.381. The highest BCUT2D eigenvalue weighted by molar-refractivity contribution is 6.04. The Morgan fingerprint density at radius 3 is 2.41 bits per heavy atom. The lowest BCUT2D eigenvalue weighted by molar-refractivity contribution is -0.384. The van der Waals surface area contributed by atoms with E-state index in [1.807, 2.05) is 0 Å². The molecule has 0 bridgehead atoms. The van der Waals surface area contributed by atoms with Crippen molar-refractivity contribution in [1.82, 2.24) is 10.6 Å². The van der Waals surface area contributed by atoms with E-state index in [0.717, 1.165) is 0 Å². The molecule has 2 aromatic rings. The van der Waals surface area contributed by atoms with Crippen LogP contribution in [0.1, 0.15) is 22.5 Å². The van der Waals surface area contributed by atoms with Gasteiger partial charge in [-0.15, -0.1) is 0 Å². The Balaban J connectivity index is 2.21. The van der Waals surface area contributed by atoms with E-state index in [9.17, 15) is 29.6 Å². The average molecular weight is 372 g/mol. The van der Waals surface area contributed by atoms with Crippen LogP contribution in [-0.4, -0.2) is 29.3 Å². The maximum absolute atomic E-state index is 12.3. The molecule has 0 aliphatic carbocycles. The Morgan fingerprint density at radius 1 is 1.15 bits per heavy atom. The zero-order valence-corrected chi connectivity index (χ0v) is 13.8. The summed E-state index contributed by atoms with van der Waals surface area (Å²) in [6, 6.07) is 8.16.